The third-order valence-corrected chi connectivity index (χ3v) is 4.42. The van der Waals surface area contributed by atoms with Gasteiger partial charge >= 0.3 is 5.97 Å². The van der Waals surface area contributed by atoms with Gasteiger partial charge in [0.2, 0.25) is 0 Å². The quantitative estimate of drug-likeness (QED) is 0.544. The van der Waals surface area contributed by atoms with Crippen LogP contribution in [0.3, 0.4) is 0 Å². The third-order valence-electron chi connectivity index (χ3n) is 3.34. The van der Waals surface area contributed by atoms with E-state index >= 15 is 0 Å². The van der Waals surface area contributed by atoms with E-state index in [9.17, 15) is 9.18 Å². The number of nitrogen functional groups attached to an aromatic ring is 1. The van der Waals surface area contributed by atoms with Crippen LogP contribution in [-0.2, 0) is 4.74 Å². The first-order valence-corrected chi connectivity index (χ1v) is 7.92. The molecule has 0 atom stereocenters. The summed E-state index contributed by atoms with van der Waals surface area (Å²) >= 11 is 1.40. The van der Waals surface area contributed by atoms with Crippen LogP contribution < -0.4 is 11.1 Å². The number of ether oxygens (including phenoxy) is 1. The molecule has 6 heteroatoms. The fourth-order valence-corrected chi connectivity index (χ4v) is 3.40. The minimum atomic E-state index is -0.414. The first-order valence-electron chi connectivity index (χ1n) is 7.11. The number of hydrogen-bond donors (Lipinski definition) is 2. The SMILES string of the molecule is CCOC(=O)c1c(Nc2cc(F)ccc2N)sc2ccccc12. The Labute approximate surface area is 136 Å². The minimum absolute atomic E-state index is 0.282. The molecule has 4 nitrogen and oxygen atoms in total. The molecule has 0 aliphatic heterocycles. The number of halogens is 1. The normalized spacial score (nSPS) is 10.7. The van der Waals surface area contributed by atoms with E-state index in [1.807, 2.05) is 24.3 Å². The number of carbonyl (C=O) groups excluding carboxylic acids is 1. The average molecular weight is 330 g/mol. The molecule has 0 saturated carbocycles. The minimum Gasteiger partial charge on any atom is -0.462 e. The number of esters is 1. The van der Waals surface area contributed by atoms with E-state index in [0.717, 1.165) is 10.1 Å². The molecule has 0 radical (unpaired) electrons. The molecule has 23 heavy (non-hydrogen) atoms. The van der Waals surface area contributed by atoms with E-state index in [4.69, 9.17) is 10.5 Å². The van der Waals surface area contributed by atoms with E-state index < -0.39 is 11.8 Å². The average Bonchev–Trinajstić information content (AvgIpc) is 2.89. The molecule has 118 valence electrons. The predicted molar refractivity (Wildman–Crippen MR) is 91.9 cm³/mol. The molecule has 1 heterocycles. The maximum absolute atomic E-state index is 13.5. The molecule has 0 unspecified atom stereocenters. The van der Waals surface area contributed by atoms with Crippen molar-refractivity contribution in [2.45, 2.75) is 6.92 Å². The molecular formula is C17H15FN2O2S. The maximum atomic E-state index is 13.5. The van der Waals surface area contributed by atoms with Gasteiger partial charge in [0.1, 0.15) is 16.4 Å². The smallest absolute Gasteiger partial charge is 0.341 e. The Kier molecular flexibility index (Phi) is 4.16. The first-order chi connectivity index (χ1) is 11.1. The van der Waals surface area contributed by atoms with E-state index in [0.29, 0.717) is 21.9 Å². The number of nitrogens with one attached hydrogen (secondary N) is 1. The predicted octanol–water partition coefficient (Wildman–Crippen LogP) is 4.54. The van der Waals surface area contributed by atoms with Crippen LogP contribution >= 0.6 is 11.3 Å². The summed E-state index contributed by atoms with van der Waals surface area (Å²) < 4.78 is 19.5. The van der Waals surface area contributed by atoms with Gasteiger partial charge in [-0.25, -0.2) is 9.18 Å². The highest BCUT2D eigenvalue weighted by atomic mass is 32.1. The Morgan fingerprint density at radius 3 is 2.87 bits per heavy atom. The number of fused-ring (bicyclic) bond motifs is 1. The van der Waals surface area contributed by atoms with Crippen molar-refractivity contribution in [2.75, 3.05) is 17.7 Å². The number of rotatable bonds is 4. The summed E-state index contributed by atoms with van der Waals surface area (Å²) in [5.74, 6) is -0.817. The summed E-state index contributed by atoms with van der Waals surface area (Å²) in [5, 5.41) is 4.45. The van der Waals surface area contributed by atoms with Crippen LogP contribution in [0.5, 0.6) is 0 Å². The Hall–Kier alpha value is -2.60. The lowest BCUT2D eigenvalue weighted by Crippen LogP contribution is -2.07. The molecule has 3 aromatic rings. The molecule has 0 bridgehead atoms. The van der Waals surface area contributed by atoms with Gasteiger partial charge in [-0.15, -0.1) is 11.3 Å². The van der Waals surface area contributed by atoms with Crippen molar-refractivity contribution in [2.24, 2.45) is 0 Å². The first kappa shape index (κ1) is 15.3. The second-order valence-corrected chi connectivity index (χ2v) is 5.93. The fourth-order valence-electron chi connectivity index (χ4n) is 2.30. The number of benzene rings is 2. The molecule has 3 rings (SSSR count). The fraction of sp³-hybridized carbons (Fsp3) is 0.118. The van der Waals surface area contributed by atoms with Crippen LogP contribution in [0.4, 0.5) is 20.8 Å². The highest BCUT2D eigenvalue weighted by Crippen LogP contribution is 2.38. The molecule has 0 aliphatic rings. The van der Waals surface area contributed by atoms with Crippen molar-refractivity contribution in [1.29, 1.82) is 0 Å². The van der Waals surface area contributed by atoms with Gasteiger partial charge in [0.15, 0.2) is 0 Å². The Morgan fingerprint density at radius 2 is 2.09 bits per heavy atom. The van der Waals surface area contributed by atoms with E-state index in [2.05, 4.69) is 5.32 Å². The Morgan fingerprint density at radius 1 is 1.30 bits per heavy atom. The second-order valence-electron chi connectivity index (χ2n) is 4.88. The number of carbonyl (C=O) groups is 1. The lowest BCUT2D eigenvalue weighted by atomic mass is 10.1. The Balaban J connectivity index is 2.11. The summed E-state index contributed by atoms with van der Waals surface area (Å²) in [6, 6.07) is 11.6. The monoisotopic (exact) mass is 330 g/mol. The molecule has 3 N–H and O–H groups in total. The van der Waals surface area contributed by atoms with Gasteiger partial charge in [-0.1, -0.05) is 18.2 Å². The zero-order chi connectivity index (χ0) is 16.4. The van der Waals surface area contributed by atoms with Crippen LogP contribution in [0.2, 0.25) is 0 Å². The van der Waals surface area contributed by atoms with Gasteiger partial charge in [-0.2, -0.15) is 0 Å². The number of thiophene rings is 1. The highest BCUT2D eigenvalue weighted by molar-refractivity contribution is 7.23. The lowest BCUT2D eigenvalue weighted by Gasteiger charge is -2.10. The largest absolute Gasteiger partial charge is 0.462 e. The van der Waals surface area contributed by atoms with Crippen molar-refractivity contribution in [3.63, 3.8) is 0 Å². The summed E-state index contributed by atoms with van der Waals surface area (Å²) in [4.78, 5) is 12.3. The standard InChI is InChI=1S/C17H15FN2O2S/c1-2-22-17(21)15-11-5-3-4-6-14(11)23-16(15)20-13-9-10(18)7-8-12(13)19/h3-9,20H,2,19H2,1H3. The topological polar surface area (TPSA) is 64.3 Å². The van der Waals surface area contributed by atoms with Crippen molar-refractivity contribution in [1.82, 2.24) is 0 Å². The number of anilines is 3. The summed E-state index contributed by atoms with van der Waals surface area (Å²) in [6.45, 7) is 2.04. The van der Waals surface area contributed by atoms with Crippen molar-refractivity contribution >= 4 is 43.8 Å². The third kappa shape index (κ3) is 2.98. The van der Waals surface area contributed by atoms with E-state index in [-0.39, 0.29) is 6.61 Å². The summed E-state index contributed by atoms with van der Waals surface area (Å²) in [7, 11) is 0. The highest BCUT2D eigenvalue weighted by Gasteiger charge is 2.20. The molecule has 2 aromatic carbocycles. The van der Waals surface area contributed by atoms with E-state index in [1.165, 1.54) is 29.5 Å². The van der Waals surface area contributed by atoms with Crippen molar-refractivity contribution < 1.29 is 13.9 Å². The molecule has 0 fully saturated rings. The summed E-state index contributed by atoms with van der Waals surface area (Å²) in [5.41, 5.74) is 7.14. The molecule has 1 aromatic heterocycles. The van der Waals surface area contributed by atoms with Gasteiger partial charge in [0, 0.05) is 10.1 Å². The van der Waals surface area contributed by atoms with E-state index in [1.54, 1.807) is 6.92 Å². The van der Waals surface area contributed by atoms with Crippen LogP contribution in [-0.4, -0.2) is 12.6 Å². The number of hydrogen-bond acceptors (Lipinski definition) is 5. The van der Waals surface area contributed by atoms with Crippen LogP contribution in [0.1, 0.15) is 17.3 Å². The second kappa shape index (κ2) is 6.26. The van der Waals surface area contributed by atoms with Crippen LogP contribution in [0.15, 0.2) is 42.5 Å². The molecule has 0 aliphatic carbocycles. The summed E-state index contributed by atoms with van der Waals surface area (Å²) in [6.07, 6.45) is 0. The van der Waals surface area contributed by atoms with Crippen LogP contribution in [0, 0.1) is 5.82 Å². The van der Waals surface area contributed by atoms with Gasteiger partial charge in [0.25, 0.3) is 0 Å². The zero-order valence-corrected chi connectivity index (χ0v) is 13.2. The Bertz CT molecular complexity index is 876. The maximum Gasteiger partial charge on any atom is 0.341 e. The van der Waals surface area contributed by atoms with Gasteiger partial charge < -0.3 is 15.8 Å². The lowest BCUT2D eigenvalue weighted by molar-refractivity contribution is 0.0530. The molecule has 0 spiro atoms. The number of nitrogens with two attached hydrogens (primary N) is 1. The zero-order valence-electron chi connectivity index (χ0n) is 12.4. The van der Waals surface area contributed by atoms with Gasteiger partial charge in [-0.05, 0) is 31.2 Å². The van der Waals surface area contributed by atoms with Crippen LogP contribution in [0.25, 0.3) is 10.1 Å². The molecular weight excluding hydrogens is 315 g/mol. The molecule has 0 amide bonds. The van der Waals surface area contributed by atoms with Crippen molar-refractivity contribution in [3.05, 3.63) is 53.8 Å². The van der Waals surface area contributed by atoms with Gasteiger partial charge in [-0.3, -0.25) is 0 Å². The van der Waals surface area contributed by atoms with Crippen molar-refractivity contribution in [3.8, 4) is 0 Å². The molecule has 0 saturated heterocycles. The van der Waals surface area contributed by atoms with Gasteiger partial charge in [0.05, 0.1) is 18.0 Å².